The van der Waals surface area contributed by atoms with Crippen molar-refractivity contribution in [1.29, 1.82) is 0 Å². The molecule has 2 aromatic rings. The molecule has 0 atom stereocenters. The standard InChI is InChI=1S/C15H13F2NO2/c1-2-18(12-6-3-10(16)4-7-12)15(20)13-8-5-11(17)9-14(13)19/h3-9,19H,2H2,1H3. The Bertz CT molecular complexity index is 626. The number of hydrogen-bond acceptors (Lipinski definition) is 2. The number of nitrogens with zero attached hydrogens (tertiary/aromatic N) is 1. The Balaban J connectivity index is 2.36. The van der Waals surface area contributed by atoms with E-state index in [9.17, 15) is 18.7 Å². The van der Waals surface area contributed by atoms with Gasteiger partial charge in [0.1, 0.15) is 17.4 Å². The van der Waals surface area contributed by atoms with Crippen molar-refractivity contribution in [2.45, 2.75) is 6.92 Å². The Hall–Kier alpha value is -2.43. The summed E-state index contributed by atoms with van der Waals surface area (Å²) in [7, 11) is 0. The number of phenolic OH excluding ortho intramolecular Hbond substituents is 1. The molecular weight excluding hydrogens is 264 g/mol. The first-order valence-corrected chi connectivity index (χ1v) is 6.09. The molecule has 104 valence electrons. The van der Waals surface area contributed by atoms with Gasteiger partial charge in [-0.3, -0.25) is 4.79 Å². The van der Waals surface area contributed by atoms with Gasteiger partial charge in [0.25, 0.3) is 5.91 Å². The summed E-state index contributed by atoms with van der Waals surface area (Å²) in [4.78, 5) is 13.7. The fraction of sp³-hybridized carbons (Fsp3) is 0.133. The molecule has 5 heteroatoms. The lowest BCUT2D eigenvalue weighted by Gasteiger charge is -2.21. The van der Waals surface area contributed by atoms with E-state index in [0.29, 0.717) is 12.2 Å². The molecule has 20 heavy (non-hydrogen) atoms. The monoisotopic (exact) mass is 277 g/mol. The molecule has 0 aliphatic rings. The minimum absolute atomic E-state index is 0.00225. The highest BCUT2D eigenvalue weighted by molar-refractivity contribution is 6.07. The zero-order chi connectivity index (χ0) is 14.7. The maximum Gasteiger partial charge on any atom is 0.262 e. The largest absolute Gasteiger partial charge is 0.507 e. The van der Waals surface area contributed by atoms with Gasteiger partial charge in [-0.2, -0.15) is 0 Å². The van der Waals surface area contributed by atoms with Gasteiger partial charge in [-0.15, -0.1) is 0 Å². The Morgan fingerprint density at radius 2 is 1.70 bits per heavy atom. The number of carbonyl (C=O) groups excluding carboxylic acids is 1. The average molecular weight is 277 g/mol. The van der Waals surface area contributed by atoms with Gasteiger partial charge in [0.2, 0.25) is 0 Å². The van der Waals surface area contributed by atoms with E-state index in [0.717, 1.165) is 12.1 Å². The minimum atomic E-state index is -0.621. The van der Waals surface area contributed by atoms with E-state index in [-0.39, 0.29) is 5.56 Å². The smallest absolute Gasteiger partial charge is 0.262 e. The van der Waals surface area contributed by atoms with Crippen molar-refractivity contribution in [3.05, 3.63) is 59.7 Å². The molecule has 0 aromatic heterocycles. The molecule has 0 spiro atoms. The van der Waals surface area contributed by atoms with Crippen LogP contribution in [0.1, 0.15) is 17.3 Å². The molecule has 1 amide bonds. The van der Waals surface area contributed by atoms with Crippen molar-refractivity contribution < 1.29 is 18.7 Å². The number of halogens is 2. The second kappa shape index (κ2) is 5.69. The third-order valence-electron chi connectivity index (χ3n) is 2.89. The summed E-state index contributed by atoms with van der Waals surface area (Å²) in [5.74, 6) is -1.92. The molecule has 1 N–H and O–H groups in total. The van der Waals surface area contributed by atoms with Gasteiger partial charge in [-0.25, -0.2) is 8.78 Å². The van der Waals surface area contributed by atoms with Crippen molar-refractivity contribution in [2.24, 2.45) is 0 Å². The Morgan fingerprint density at radius 1 is 1.10 bits per heavy atom. The number of hydrogen-bond donors (Lipinski definition) is 1. The fourth-order valence-corrected chi connectivity index (χ4v) is 1.90. The summed E-state index contributed by atoms with van der Waals surface area (Å²) >= 11 is 0. The van der Waals surface area contributed by atoms with Crippen LogP contribution in [-0.2, 0) is 0 Å². The highest BCUT2D eigenvalue weighted by Gasteiger charge is 2.19. The molecular formula is C15H13F2NO2. The van der Waals surface area contributed by atoms with Gasteiger partial charge >= 0.3 is 0 Å². The van der Waals surface area contributed by atoms with E-state index >= 15 is 0 Å². The quantitative estimate of drug-likeness (QED) is 0.934. The number of rotatable bonds is 3. The number of benzene rings is 2. The van der Waals surface area contributed by atoms with Crippen LogP contribution in [0.25, 0.3) is 0 Å². The van der Waals surface area contributed by atoms with Crippen LogP contribution in [0.3, 0.4) is 0 Å². The number of carbonyl (C=O) groups is 1. The van der Waals surface area contributed by atoms with Crippen LogP contribution in [0.4, 0.5) is 14.5 Å². The number of anilines is 1. The molecule has 2 rings (SSSR count). The van der Waals surface area contributed by atoms with E-state index in [1.807, 2.05) is 0 Å². The molecule has 0 fully saturated rings. The first-order valence-electron chi connectivity index (χ1n) is 6.09. The third-order valence-corrected chi connectivity index (χ3v) is 2.89. The molecule has 0 saturated carbocycles. The van der Waals surface area contributed by atoms with Crippen LogP contribution in [-0.4, -0.2) is 17.6 Å². The van der Waals surface area contributed by atoms with Crippen LogP contribution >= 0.6 is 0 Å². The lowest BCUT2D eigenvalue weighted by atomic mass is 10.1. The molecule has 0 unspecified atom stereocenters. The van der Waals surface area contributed by atoms with Crippen LogP contribution < -0.4 is 4.90 Å². The molecule has 0 heterocycles. The Kier molecular flexibility index (Phi) is 3.98. The second-order valence-corrected chi connectivity index (χ2v) is 4.19. The van der Waals surface area contributed by atoms with Crippen molar-refractivity contribution in [2.75, 3.05) is 11.4 Å². The molecule has 0 aliphatic carbocycles. The molecule has 0 aliphatic heterocycles. The first kappa shape index (κ1) is 14.0. The fourth-order valence-electron chi connectivity index (χ4n) is 1.90. The maximum absolute atomic E-state index is 12.9. The number of amides is 1. The van der Waals surface area contributed by atoms with Crippen molar-refractivity contribution in [1.82, 2.24) is 0 Å². The molecule has 0 saturated heterocycles. The summed E-state index contributed by atoms with van der Waals surface area (Å²) in [5.41, 5.74) is 0.500. The molecule has 0 bridgehead atoms. The SMILES string of the molecule is CCN(C(=O)c1ccc(F)cc1O)c1ccc(F)cc1. The summed E-state index contributed by atoms with van der Waals surface area (Å²) in [6.45, 7) is 2.09. The predicted molar refractivity (Wildman–Crippen MR) is 71.8 cm³/mol. The van der Waals surface area contributed by atoms with Gasteiger partial charge in [-0.1, -0.05) is 0 Å². The van der Waals surface area contributed by atoms with Gasteiger partial charge < -0.3 is 10.0 Å². The average Bonchev–Trinajstić information content (AvgIpc) is 2.41. The van der Waals surface area contributed by atoms with Gasteiger partial charge in [0, 0.05) is 18.3 Å². The predicted octanol–water partition coefficient (Wildman–Crippen LogP) is 3.34. The highest BCUT2D eigenvalue weighted by atomic mass is 19.1. The van der Waals surface area contributed by atoms with Crippen molar-refractivity contribution in [3.63, 3.8) is 0 Å². The normalized spacial score (nSPS) is 10.3. The van der Waals surface area contributed by atoms with Crippen molar-refractivity contribution in [3.8, 4) is 5.75 Å². The van der Waals surface area contributed by atoms with Gasteiger partial charge in [0.05, 0.1) is 5.56 Å². The summed E-state index contributed by atoms with van der Waals surface area (Å²) in [6, 6.07) is 8.64. The lowest BCUT2D eigenvalue weighted by molar-refractivity contribution is 0.0985. The van der Waals surface area contributed by atoms with Crippen molar-refractivity contribution >= 4 is 11.6 Å². The van der Waals surface area contributed by atoms with E-state index in [1.165, 1.54) is 35.2 Å². The lowest BCUT2D eigenvalue weighted by Crippen LogP contribution is -2.30. The van der Waals surface area contributed by atoms with Crippen LogP contribution in [0, 0.1) is 11.6 Å². The Morgan fingerprint density at radius 3 is 2.25 bits per heavy atom. The minimum Gasteiger partial charge on any atom is -0.507 e. The summed E-state index contributed by atoms with van der Waals surface area (Å²) in [6.07, 6.45) is 0. The Labute approximate surface area is 115 Å². The number of aromatic hydroxyl groups is 1. The first-order chi connectivity index (χ1) is 9.52. The molecule has 0 radical (unpaired) electrons. The summed E-state index contributed by atoms with van der Waals surface area (Å²) < 4.78 is 25.8. The van der Waals surface area contributed by atoms with E-state index in [1.54, 1.807) is 6.92 Å². The topological polar surface area (TPSA) is 40.5 Å². The summed E-state index contributed by atoms with van der Waals surface area (Å²) in [5, 5.41) is 9.65. The maximum atomic E-state index is 12.9. The van der Waals surface area contributed by atoms with E-state index < -0.39 is 23.3 Å². The van der Waals surface area contributed by atoms with Crippen LogP contribution in [0.5, 0.6) is 5.75 Å². The zero-order valence-electron chi connectivity index (χ0n) is 10.8. The second-order valence-electron chi connectivity index (χ2n) is 4.19. The zero-order valence-corrected chi connectivity index (χ0v) is 10.8. The van der Waals surface area contributed by atoms with Crippen LogP contribution in [0.2, 0.25) is 0 Å². The molecule has 3 nitrogen and oxygen atoms in total. The highest BCUT2D eigenvalue weighted by Crippen LogP contribution is 2.23. The van der Waals surface area contributed by atoms with E-state index in [2.05, 4.69) is 0 Å². The van der Waals surface area contributed by atoms with Gasteiger partial charge in [0.15, 0.2) is 0 Å². The van der Waals surface area contributed by atoms with Gasteiger partial charge in [-0.05, 0) is 43.3 Å². The van der Waals surface area contributed by atoms with Crippen LogP contribution in [0.15, 0.2) is 42.5 Å². The third kappa shape index (κ3) is 2.77. The van der Waals surface area contributed by atoms with E-state index in [4.69, 9.17) is 0 Å². The number of phenols is 1. The molecule has 2 aromatic carbocycles.